The number of hydrogen-bond donors (Lipinski definition) is 1. The predicted octanol–water partition coefficient (Wildman–Crippen LogP) is 0.881. The van der Waals surface area contributed by atoms with Crippen molar-refractivity contribution in [3.63, 3.8) is 0 Å². The molecule has 0 radical (unpaired) electrons. The van der Waals surface area contributed by atoms with Gasteiger partial charge in [-0.3, -0.25) is 4.79 Å². The number of aromatic nitrogens is 1. The van der Waals surface area contributed by atoms with Crippen molar-refractivity contribution in [1.29, 1.82) is 0 Å². The number of nitrogens with zero attached hydrogens (tertiary/aromatic N) is 2. The van der Waals surface area contributed by atoms with Crippen molar-refractivity contribution in [1.82, 2.24) is 9.88 Å². The van der Waals surface area contributed by atoms with Crippen LogP contribution >= 0.6 is 11.3 Å². The summed E-state index contributed by atoms with van der Waals surface area (Å²) in [6.45, 7) is 5.08. The molecule has 1 atom stereocenters. The summed E-state index contributed by atoms with van der Waals surface area (Å²) in [7, 11) is 0. The van der Waals surface area contributed by atoms with E-state index in [4.69, 9.17) is 5.73 Å². The Kier molecular flexibility index (Phi) is 4.71. The zero-order chi connectivity index (χ0) is 11.3. The topological polar surface area (TPSA) is 59.2 Å². The first-order valence-electron chi connectivity index (χ1n) is 5.08. The monoisotopic (exact) mass is 227 g/mol. The highest BCUT2D eigenvalue weighted by atomic mass is 32.1. The zero-order valence-corrected chi connectivity index (χ0v) is 9.96. The van der Waals surface area contributed by atoms with Gasteiger partial charge < -0.3 is 10.6 Å². The lowest BCUT2D eigenvalue weighted by Gasteiger charge is -2.22. The Morgan fingerprint density at radius 3 is 2.93 bits per heavy atom. The van der Waals surface area contributed by atoms with Gasteiger partial charge >= 0.3 is 0 Å². The van der Waals surface area contributed by atoms with Crippen molar-refractivity contribution >= 4 is 17.2 Å². The van der Waals surface area contributed by atoms with Crippen LogP contribution in [-0.2, 0) is 11.2 Å². The number of rotatable bonds is 5. The number of nitrogens with two attached hydrogens (primary N) is 1. The van der Waals surface area contributed by atoms with Gasteiger partial charge in [-0.25, -0.2) is 4.98 Å². The van der Waals surface area contributed by atoms with E-state index in [0.29, 0.717) is 13.1 Å². The minimum absolute atomic E-state index is 0.00839. The van der Waals surface area contributed by atoms with Crippen LogP contribution < -0.4 is 5.73 Å². The van der Waals surface area contributed by atoms with Crippen molar-refractivity contribution in [3.8, 4) is 0 Å². The second kappa shape index (κ2) is 5.82. The number of hydrogen-bond acceptors (Lipinski definition) is 4. The molecule has 1 aromatic heterocycles. The minimum Gasteiger partial charge on any atom is -0.341 e. The van der Waals surface area contributed by atoms with Crippen LogP contribution in [0.2, 0.25) is 0 Å². The van der Waals surface area contributed by atoms with E-state index < -0.39 is 6.04 Å². The molecule has 0 fully saturated rings. The summed E-state index contributed by atoms with van der Waals surface area (Å²) < 4.78 is 0. The second-order valence-corrected chi connectivity index (χ2v) is 4.36. The first-order chi connectivity index (χ1) is 7.15. The summed E-state index contributed by atoms with van der Waals surface area (Å²) in [5.74, 6) is 0.00839. The highest BCUT2D eigenvalue weighted by molar-refractivity contribution is 7.09. The van der Waals surface area contributed by atoms with Crippen molar-refractivity contribution in [2.24, 2.45) is 5.73 Å². The van der Waals surface area contributed by atoms with Crippen LogP contribution in [-0.4, -0.2) is 34.9 Å². The SMILES string of the molecule is CCN(CCc1nccs1)C(=O)[C@@H](C)N. The molecule has 0 saturated carbocycles. The number of amides is 1. The Morgan fingerprint density at radius 1 is 1.73 bits per heavy atom. The third kappa shape index (κ3) is 3.60. The molecule has 84 valence electrons. The summed E-state index contributed by atoms with van der Waals surface area (Å²) in [6, 6.07) is -0.416. The van der Waals surface area contributed by atoms with Gasteiger partial charge in [0, 0.05) is 31.1 Å². The average molecular weight is 227 g/mol. The Morgan fingerprint density at radius 2 is 2.47 bits per heavy atom. The molecule has 4 nitrogen and oxygen atoms in total. The third-order valence-corrected chi connectivity index (χ3v) is 3.00. The lowest BCUT2D eigenvalue weighted by Crippen LogP contribution is -2.42. The molecule has 5 heteroatoms. The maximum absolute atomic E-state index is 11.6. The van der Waals surface area contributed by atoms with Gasteiger partial charge in [-0.15, -0.1) is 11.3 Å². The molecule has 0 unspecified atom stereocenters. The van der Waals surface area contributed by atoms with Gasteiger partial charge in [0.1, 0.15) is 0 Å². The summed E-state index contributed by atoms with van der Waals surface area (Å²) in [6.07, 6.45) is 2.59. The average Bonchev–Trinajstić information content (AvgIpc) is 2.71. The largest absolute Gasteiger partial charge is 0.341 e. The molecule has 0 aromatic carbocycles. The fraction of sp³-hybridized carbons (Fsp3) is 0.600. The van der Waals surface area contributed by atoms with Gasteiger partial charge in [0.05, 0.1) is 11.0 Å². The van der Waals surface area contributed by atoms with E-state index >= 15 is 0 Å². The van der Waals surface area contributed by atoms with Crippen LogP contribution in [0.3, 0.4) is 0 Å². The Labute approximate surface area is 94.1 Å². The fourth-order valence-corrected chi connectivity index (χ4v) is 1.93. The van der Waals surface area contributed by atoms with Crippen molar-refractivity contribution in [3.05, 3.63) is 16.6 Å². The van der Waals surface area contributed by atoms with Gasteiger partial charge in [0.25, 0.3) is 0 Å². The van der Waals surface area contributed by atoms with Gasteiger partial charge in [0.2, 0.25) is 5.91 Å². The van der Waals surface area contributed by atoms with Gasteiger partial charge in [-0.05, 0) is 13.8 Å². The molecule has 0 aliphatic carbocycles. The molecule has 0 aliphatic rings. The smallest absolute Gasteiger partial charge is 0.239 e. The standard InChI is InChI=1S/C10H17N3OS/c1-3-13(10(14)8(2)11)6-4-9-12-5-7-15-9/h5,7-8H,3-4,6,11H2,1-2H3/t8-/m1/s1. The predicted molar refractivity (Wildman–Crippen MR) is 61.7 cm³/mol. The van der Waals surface area contributed by atoms with Crippen LogP contribution in [0.15, 0.2) is 11.6 Å². The highest BCUT2D eigenvalue weighted by Gasteiger charge is 2.15. The quantitative estimate of drug-likeness (QED) is 0.812. The first kappa shape index (κ1) is 12.1. The first-order valence-corrected chi connectivity index (χ1v) is 5.95. The van der Waals surface area contributed by atoms with Crippen LogP contribution in [0.1, 0.15) is 18.9 Å². The van der Waals surface area contributed by atoms with E-state index in [-0.39, 0.29) is 5.91 Å². The summed E-state index contributed by atoms with van der Waals surface area (Å²) in [5, 5.41) is 3.00. The third-order valence-electron chi connectivity index (χ3n) is 2.16. The van der Waals surface area contributed by atoms with Crippen LogP contribution in [0.5, 0.6) is 0 Å². The maximum Gasteiger partial charge on any atom is 0.239 e. The summed E-state index contributed by atoms with van der Waals surface area (Å²) >= 11 is 1.62. The van der Waals surface area contributed by atoms with Gasteiger partial charge in [-0.1, -0.05) is 0 Å². The van der Waals surface area contributed by atoms with Crippen molar-refractivity contribution in [2.75, 3.05) is 13.1 Å². The Hall–Kier alpha value is -0.940. The lowest BCUT2D eigenvalue weighted by atomic mass is 10.3. The van der Waals surface area contributed by atoms with Gasteiger partial charge in [0.15, 0.2) is 0 Å². The molecule has 15 heavy (non-hydrogen) atoms. The Bertz CT molecular complexity index is 298. The van der Waals surface area contributed by atoms with E-state index in [1.54, 1.807) is 29.4 Å². The maximum atomic E-state index is 11.6. The van der Waals surface area contributed by atoms with Crippen molar-refractivity contribution < 1.29 is 4.79 Å². The number of carbonyl (C=O) groups is 1. The van der Waals surface area contributed by atoms with Crippen LogP contribution in [0.25, 0.3) is 0 Å². The normalized spacial score (nSPS) is 12.5. The Balaban J connectivity index is 2.44. The zero-order valence-electron chi connectivity index (χ0n) is 9.14. The van der Waals surface area contributed by atoms with Crippen molar-refractivity contribution in [2.45, 2.75) is 26.3 Å². The summed E-state index contributed by atoms with van der Waals surface area (Å²) in [5.41, 5.74) is 5.56. The molecule has 0 saturated heterocycles. The second-order valence-electron chi connectivity index (χ2n) is 3.38. The molecular weight excluding hydrogens is 210 g/mol. The molecular formula is C10H17N3OS. The van der Waals surface area contributed by atoms with Crippen LogP contribution in [0, 0.1) is 0 Å². The number of likely N-dealkylation sites (N-methyl/N-ethyl adjacent to an activating group) is 1. The van der Waals surface area contributed by atoms with E-state index in [0.717, 1.165) is 11.4 Å². The van der Waals surface area contributed by atoms with Crippen LogP contribution in [0.4, 0.5) is 0 Å². The molecule has 2 N–H and O–H groups in total. The molecule has 0 spiro atoms. The van der Waals surface area contributed by atoms with Gasteiger partial charge in [-0.2, -0.15) is 0 Å². The van der Waals surface area contributed by atoms with E-state index in [9.17, 15) is 4.79 Å². The molecule has 1 rings (SSSR count). The highest BCUT2D eigenvalue weighted by Crippen LogP contribution is 2.06. The minimum atomic E-state index is -0.416. The van der Waals surface area contributed by atoms with E-state index in [1.807, 2.05) is 12.3 Å². The molecule has 0 bridgehead atoms. The number of carbonyl (C=O) groups excluding carboxylic acids is 1. The lowest BCUT2D eigenvalue weighted by molar-refractivity contribution is -0.131. The van der Waals surface area contributed by atoms with E-state index in [2.05, 4.69) is 4.98 Å². The number of thiazole rings is 1. The molecule has 1 aromatic rings. The molecule has 1 amide bonds. The molecule has 1 heterocycles. The van der Waals surface area contributed by atoms with E-state index in [1.165, 1.54) is 0 Å². The fourth-order valence-electron chi connectivity index (χ4n) is 1.32. The molecule has 0 aliphatic heterocycles. The summed E-state index contributed by atoms with van der Waals surface area (Å²) in [4.78, 5) is 17.6.